The maximum Gasteiger partial charge on any atom is 0.229 e. The molecule has 0 spiro atoms. The number of amides is 3. The lowest BCUT2D eigenvalue weighted by Gasteiger charge is -2.43. The van der Waals surface area contributed by atoms with Crippen molar-refractivity contribution < 1.29 is 19.1 Å². The van der Waals surface area contributed by atoms with E-state index in [1.807, 2.05) is 37.3 Å². The van der Waals surface area contributed by atoms with Crippen LogP contribution in [-0.2, 0) is 14.4 Å². The van der Waals surface area contributed by atoms with Crippen molar-refractivity contribution in [2.24, 2.45) is 11.8 Å². The first-order chi connectivity index (χ1) is 15.0. The van der Waals surface area contributed by atoms with Gasteiger partial charge in [0.2, 0.25) is 17.7 Å². The lowest BCUT2D eigenvalue weighted by atomic mass is 9.81. The molecule has 0 aliphatic carbocycles. The van der Waals surface area contributed by atoms with E-state index in [2.05, 4.69) is 26.6 Å². The third-order valence-corrected chi connectivity index (χ3v) is 5.30. The third-order valence-electron chi connectivity index (χ3n) is 5.30. The fourth-order valence-corrected chi connectivity index (χ4v) is 3.89. The molecule has 3 amide bonds. The molecule has 0 saturated carbocycles. The molecule has 0 aromatic heterocycles. The Morgan fingerprint density at radius 3 is 2.48 bits per heavy atom. The SMILES string of the molecule is CCOc1ccc(NC(=O)C2CC(=O)NC3NC(Nc4ccccc4)NC(=O)C32)cc1. The average molecular weight is 423 g/mol. The smallest absolute Gasteiger partial charge is 0.229 e. The van der Waals surface area contributed by atoms with Crippen LogP contribution < -0.4 is 31.3 Å². The Morgan fingerprint density at radius 1 is 1.03 bits per heavy atom. The molecule has 4 rings (SSSR count). The molecule has 31 heavy (non-hydrogen) atoms. The Labute approximate surface area is 179 Å². The van der Waals surface area contributed by atoms with Crippen LogP contribution in [0.2, 0.25) is 0 Å². The minimum atomic E-state index is -0.796. The van der Waals surface area contributed by atoms with E-state index in [-0.39, 0.29) is 24.1 Å². The van der Waals surface area contributed by atoms with Gasteiger partial charge in [0.1, 0.15) is 5.75 Å². The first-order valence-electron chi connectivity index (χ1n) is 10.2. The number of benzene rings is 2. The van der Waals surface area contributed by atoms with Crippen LogP contribution in [0, 0.1) is 11.8 Å². The zero-order valence-electron chi connectivity index (χ0n) is 17.1. The molecule has 2 aromatic rings. The second kappa shape index (κ2) is 9.05. The number of piperidine rings is 1. The van der Waals surface area contributed by atoms with Gasteiger partial charge in [-0.25, -0.2) is 0 Å². The van der Waals surface area contributed by atoms with E-state index in [1.165, 1.54) is 0 Å². The van der Waals surface area contributed by atoms with Crippen molar-refractivity contribution in [2.45, 2.75) is 25.8 Å². The summed E-state index contributed by atoms with van der Waals surface area (Å²) in [4.78, 5) is 38.1. The normalized spacial score (nSPS) is 24.9. The summed E-state index contributed by atoms with van der Waals surface area (Å²) in [5.41, 5.74) is 1.38. The van der Waals surface area contributed by atoms with Crippen molar-refractivity contribution >= 4 is 29.1 Å². The van der Waals surface area contributed by atoms with Crippen LogP contribution in [0.3, 0.4) is 0 Å². The van der Waals surface area contributed by atoms with E-state index in [9.17, 15) is 14.4 Å². The Balaban J connectivity index is 1.44. The molecular weight excluding hydrogens is 398 g/mol. The van der Waals surface area contributed by atoms with E-state index < -0.39 is 24.3 Å². The van der Waals surface area contributed by atoms with E-state index >= 15 is 0 Å². The summed E-state index contributed by atoms with van der Waals surface area (Å²) in [6, 6.07) is 16.3. The number of hydrogen-bond acceptors (Lipinski definition) is 6. The molecule has 2 aromatic carbocycles. The molecule has 9 nitrogen and oxygen atoms in total. The van der Waals surface area contributed by atoms with E-state index in [0.29, 0.717) is 18.0 Å². The van der Waals surface area contributed by atoms with Gasteiger partial charge < -0.3 is 26.0 Å². The average Bonchev–Trinajstić information content (AvgIpc) is 2.75. The third kappa shape index (κ3) is 4.77. The molecule has 2 aliphatic rings. The van der Waals surface area contributed by atoms with Crippen molar-refractivity contribution in [3.8, 4) is 5.75 Å². The lowest BCUT2D eigenvalue weighted by molar-refractivity contribution is -0.144. The van der Waals surface area contributed by atoms with Crippen LogP contribution in [0.15, 0.2) is 54.6 Å². The molecule has 2 heterocycles. The molecule has 0 bridgehead atoms. The predicted molar refractivity (Wildman–Crippen MR) is 115 cm³/mol. The van der Waals surface area contributed by atoms with Crippen LogP contribution in [0.5, 0.6) is 5.75 Å². The van der Waals surface area contributed by atoms with Gasteiger partial charge in [0.15, 0.2) is 6.29 Å². The predicted octanol–water partition coefficient (Wildman–Crippen LogP) is 1.22. The van der Waals surface area contributed by atoms with Crippen molar-refractivity contribution in [1.29, 1.82) is 0 Å². The first-order valence-corrected chi connectivity index (χ1v) is 10.2. The summed E-state index contributed by atoms with van der Waals surface area (Å²) in [5, 5.41) is 14.8. The van der Waals surface area contributed by atoms with Gasteiger partial charge in [-0.1, -0.05) is 18.2 Å². The molecule has 2 saturated heterocycles. The minimum absolute atomic E-state index is 0.0596. The van der Waals surface area contributed by atoms with Gasteiger partial charge in [0, 0.05) is 17.8 Å². The van der Waals surface area contributed by atoms with Gasteiger partial charge in [-0.2, -0.15) is 0 Å². The van der Waals surface area contributed by atoms with Crippen molar-refractivity contribution in [2.75, 3.05) is 17.2 Å². The number of fused-ring (bicyclic) bond motifs is 1. The number of anilines is 2. The summed E-state index contributed by atoms with van der Waals surface area (Å²) >= 11 is 0. The minimum Gasteiger partial charge on any atom is -0.494 e. The molecule has 4 unspecified atom stereocenters. The highest BCUT2D eigenvalue weighted by atomic mass is 16.5. The molecule has 4 atom stereocenters. The summed E-state index contributed by atoms with van der Waals surface area (Å²) in [7, 11) is 0. The van der Waals surface area contributed by atoms with Crippen LogP contribution in [0.25, 0.3) is 0 Å². The topological polar surface area (TPSA) is 121 Å². The summed E-state index contributed by atoms with van der Waals surface area (Å²) < 4.78 is 5.40. The van der Waals surface area contributed by atoms with Crippen LogP contribution >= 0.6 is 0 Å². The Bertz CT molecular complexity index is 950. The number of para-hydroxylation sites is 1. The lowest BCUT2D eigenvalue weighted by Crippen LogP contribution is -2.72. The molecule has 9 heteroatoms. The molecule has 162 valence electrons. The van der Waals surface area contributed by atoms with Gasteiger partial charge in [0.05, 0.1) is 24.6 Å². The zero-order chi connectivity index (χ0) is 21.8. The highest BCUT2D eigenvalue weighted by Gasteiger charge is 2.48. The maximum absolute atomic E-state index is 13.0. The highest BCUT2D eigenvalue weighted by molar-refractivity contribution is 6.00. The van der Waals surface area contributed by atoms with Gasteiger partial charge in [0.25, 0.3) is 0 Å². The van der Waals surface area contributed by atoms with Crippen molar-refractivity contribution in [3.63, 3.8) is 0 Å². The van der Waals surface area contributed by atoms with E-state index in [1.54, 1.807) is 24.3 Å². The monoisotopic (exact) mass is 423 g/mol. The Morgan fingerprint density at radius 2 is 1.77 bits per heavy atom. The summed E-state index contributed by atoms with van der Waals surface area (Å²) in [6.07, 6.45) is -1.30. The Kier molecular flexibility index (Phi) is 6.03. The molecule has 0 radical (unpaired) electrons. The number of carbonyl (C=O) groups is 3. The van der Waals surface area contributed by atoms with Crippen LogP contribution in [0.1, 0.15) is 13.3 Å². The molecule has 5 N–H and O–H groups in total. The van der Waals surface area contributed by atoms with Crippen LogP contribution in [-0.4, -0.2) is 36.8 Å². The molecular formula is C22H25N5O4. The fourth-order valence-electron chi connectivity index (χ4n) is 3.89. The fraction of sp³-hybridized carbons (Fsp3) is 0.318. The summed E-state index contributed by atoms with van der Waals surface area (Å²) in [5.74, 6) is -1.78. The standard InChI is InChI=1S/C22H25N5O4/c1-2-31-15-10-8-14(9-11-15)23-20(29)16-12-17(28)25-19-18(16)21(30)27-22(26-19)24-13-6-4-3-5-7-13/h3-11,16,18-19,22,24,26H,2,12H2,1H3,(H,23,29)(H,25,28)(H,27,30). The molecule has 2 aliphatic heterocycles. The zero-order valence-corrected chi connectivity index (χ0v) is 17.1. The number of carbonyl (C=O) groups excluding carboxylic acids is 3. The van der Waals surface area contributed by atoms with E-state index in [4.69, 9.17) is 4.74 Å². The number of nitrogens with one attached hydrogen (secondary N) is 5. The van der Waals surface area contributed by atoms with Gasteiger partial charge in [-0.15, -0.1) is 0 Å². The number of hydrogen-bond donors (Lipinski definition) is 5. The number of ether oxygens (including phenoxy) is 1. The quantitative estimate of drug-likeness (QED) is 0.476. The van der Waals surface area contributed by atoms with Gasteiger partial charge in [-0.3, -0.25) is 19.7 Å². The maximum atomic E-state index is 13.0. The molecule has 2 fully saturated rings. The van der Waals surface area contributed by atoms with Crippen molar-refractivity contribution in [3.05, 3.63) is 54.6 Å². The number of rotatable bonds is 6. The van der Waals surface area contributed by atoms with Gasteiger partial charge in [-0.05, 0) is 43.3 Å². The summed E-state index contributed by atoms with van der Waals surface area (Å²) in [6.45, 7) is 2.44. The first kappa shape index (κ1) is 20.7. The van der Waals surface area contributed by atoms with Gasteiger partial charge >= 0.3 is 0 Å². The van der Waals surface area contributed by atoms with Crippen molar-refractivity contribution in [1.82, 2.24) is 16.0 Å². The largest absolute Gasteiger partial charge is 0.494 e. The second-order valence-electron chi connectivity index (χ2n) is 7.45. The highest BCUT2D eigenvalue weighted by Crippen LogP contribution is 2.28. The van der Waals surface area contributed by atoms with Crippen LogP contribution in [0.4, 0.5) is 11.4 Å². The Hall–Kier alpha value is -3.59. The van der Waals surface area contributed by atoms with E-state index in [0.717, 1.165) is 5.69 Å². The second-order valence-corrected chi connectivity index (χ2v) is 7.45.